The van der Waals surface area contributed by atoms with E-state index in [1.807, 2.05) is 11.3 Å². The van der Waals surface area contributed by atoms with Crippen LogP contribution in [-0.4, -0.2) is 19.3 Å². The average Bonchev–Trinajstić information content (AvgIpc) is 2.66. The minimum atomic E-state index is 0.139. The predicted octanol–water partition coefficient (Wildman–Crippen LogP) is 2.61. The Kier molecular flexibility index (Phi) is 5.91. The standard InChI is InChI=1S/C12H21NOS/c1-3-7-14-9-10(13)8-12-6-5-11(4-2)15-12/h5-6,10H,3-4,7-9,13H2,1-2H3. The topological polar surface area (TPSA) is 35.2 Å². The van der Waals surface area contributed by atoms with Gasteiger partial charge < -0.3 is 10.5 Å². The molecule has 0 spiro atoms. The van der Waals surface area contributed by atoms with Gasteiger partial charge in [0.1, 0.15) is 0 Å². The van der Waals surface area contributed by atoms with Crippen molar-refractivity contribution in [3.63, 3.8) is 0 Å². The molecule has 2 nitrogen and oxygen atoms in total. The molecule has 15 heavy (non-hydrogen) atoms. The van der Waals surface area contributed by atoms with Crippen molar-refractivity contribution in [1.82, 2.24) is 0 Å². The van der Waals surface area contributed by atoms with E-state index < -0.39 is 0 Å². The number of ether oxygens (including phenoxy) is 1. The van der Waals surface area contributed by atoms with Gasteiger partial charge in [-0.05, 0) is 31.4 Å². The monoisotopic (exact) mass is 227 g/mol. The zero-order chi connectivity index (χ0) is 11.1. The lowest BCUT2D eigenvalue weighted by atomic mass is 10.2. The molecule has 0 aliphatic carbocycles. The SMILES string of the molecule is CCCOCC(N)Cc1ccc(CC)s1. The fraction of sp³-hybridized carbons (Fsp3) is 0.667. The maximum atomic E-state index is 5.98. The van der Waals surface area contributed by atoms with Crippen molar-refractivity contribution in [3.05, 3.63) is 21.9 Å². The van der Waals surface area contributed by atoms with Crippen LogP contribution in [-0.2, 0) is 17.6 Å². The lowest BCUT2D eigenvalue weighted by Crippen LogP contribution is -2.28. The number of aryl methyl sites for hydroxylation is 1. The molecule has 1 aromatic rings. The molecular formula is C12H21NOS. The predicted molar refractivity (Wildman–Crippen MR) is 66.5 cm³/mol. The molecule has 1 heterocycles. The van der Waals surface area contributed by atoms with Crippen LogP contribution in [0.25, 0.3) is 0 Å². The zero-order valence-corrected chi connectivity index (χ0v) is 10.5. The van der Waals surface area contributed by atoms with Gasteiger partial charge in [-0.1, -0.05) is 13.8 Å². The fourth-order valence-electron chi connectivity index (χ4n) is 1.42. The summed E-state index contributed by atoms with van der Waals surface area (Å²) >= 11 is 1.86. The molecule has 0 amide bonds. The van der Waals surface area contributed by atoms with Crippen molar-refractivity contribution in [2.45, 2.75) is 39.2 Å². The first-order valence-corrected chi connectivity index (χ1v) is 6.48. The van der Waals surface area contributed by atoms with Gasteiger partial charge in [0, 0.05) is 22.4 Å². The third-order valence-corrected chi connectivity index (χ3v) is 3.46. The van der Waals surface area contributed by atoms with Crippen molar-refractivity contribution >= 4 is 11.3 Å². The molecule has 2 N–H and O–H groups in total. The highest BCUT2D eigenvalue weighted by Crippen LogP contribution is 2.18. The van der Waals surface area contributed by atoms with Crippen LogP contribution >= 0.6 is 11.3 Å². The van der Waals surface area contributed by atoms with Crippen molar-refractivity contribution in [3.8, 4) is 0 Å². The molecule has 0 aliphatic heterocycles. The third kappa shape index (κ3) is 4.78. The molecule has 1 unspecified atom stereocenters. The van der Waals surface area contributed by atoms with Crippen molar-refractivity contribution in [1.29, 1.82) is 0 Å². The molecule has 1 aromatic heterocycles. The van der Waals surface area contributed by atoms with E-state index in [0.29, 0.717) is 6.61 Å². The van der Waals surface area contributed by atoms with E-state index in [0.717, 1.165) is 25.9 Å². The maximum absolute atomic E-state index is 5.98. The minimum absolute atomic E-state index is 0.139. The Morgan fingerprint density at radius 3 is 2.67 bits per heavy atom. The largest absolute Gasteiger partial charge is 0.380 e. The molecule has 0 saturated heterocycles. The van der Waals surface area contributed by atoms with Crippen LogP contribution in [0.4, 0.5) is 0 Å². The van der Waals surface area contributed by atoms with Crippen molar-refractivity contribution in [2.75, 3.05) is 13.2 Å². The van der Waals surface area contributed by atoms with Gasteiger partial charge in [0.05, 0.1) is 6.61 Å². The van der Waals surface area contributed by atoms with Gasteiger partial charge in [-0.2, -0.15) is 0 Å². The van der Waals surface area contributed by atoms with E-state index in [1.165, 1.54) is 9.75 Å². The van der Waals surface area contributed by atoms with Gasteiger partial charge in [0.15, 0.2) is 0 Å². The van der Waals surface area contributed by atoms with Crippen molar-refractivity contribution < 1.29 is 4.74 Å². The Balaban J connectivity index is 2.27. The first-order valence-electron chi connectivity index (χ1n) is 5.67. The van der Waals surface area contributed by atoms with Crippen molar-refractivity contribution in [2.24, 2.45) is 5.73 Å². The highest BCUT2D eigenvalue weighted by atomic mass is 32.1. The van der Waals surface area contributed by atoms with Gasteiger partial charge >= 0.3 is 0 Å². The summed E-state index contributed by atoms with van der Waals surface area (Å²) in [5, 5.41) is 0. The highest BCUT2D eigenvalue weighted by molar-refractivity contribution is 7.11. The molecule has 1 atom stereocenters. The van der Waals surface area contributed by atoms with Gasteiger partial charge in [0.25, 0.3) is 0 Å². The van der Waals surface area contributed by atoms with Crippen LogP contribution in [0.15, 0.2) is 12.1 Å². The normalized spacial score (nSPS) is 13.0. The molecule has 86 valence electrons. The van der Waals surface area contributed by atoms with Gasteiger partial charge in [0.2, 0.25) is 0 Å². The molecule has 0 aliphatic rings. The summed E-state index contributed by atoms with van der Waals surface area (Å²) in [6.45, 7) is 5.78. The van der Waals surface area contributed by atoms with E-state index >= 15 is 0 Å². The summed E-state index contributed by atoms with van der Waals surface area (Å²) in [5.74, 6) is 0. The second-order valence-corrected chi connectivity index (χ2v) is 5.01. The molecule has 0 bridgehead atoms. The Bertz CT molecular complexity index is 272. The first-order chi connectivity index (χ1) is 7.26. The van der Waals surface area contributed by atoms with Crippen LogP contribution in [0, 0.1) is 0 Å². The summed E-state index contributed by atoms with van der Waals surface area (Å²) in [5.41, 5.74) is 5.98. The van der Waals surface area contributed by atoms with Crippen LogP contribution in [0.2, 0.25) is 0 Å². The second kappa shape index (κ2) is 6.99. The van der Waals surface area contributed by atoms with Crippen LogP contribution in [0.1, 0.15) is 30.0 Å². The van der Waals surface area contributed by atoms with Gasteiger partial charge in [-0.3, -0.25) is 0 Å². The minimum Gasteiger partial charge on any atom is -0.380 e. The molecule has 0 radical (unpaired) electrons. The van der Waals surface area contributed by atoms with Crippen LogP contribution in [0.5, 0.6) is 0 Å². The lowest BCUT2D eigenvalue weighted by molar-refractivity contribution is 0.121. The van der Waals surface area contributed by atoms with Crippen LogP contribution in [0.3, 0.4) is 0 Å². The summed E-state index contributed by atoms with van der Waals surface area (Å²) < 4.78 is 5.43. The molecule has 3 heteroatoms. The third-order valence-electron chi connectivity index (χ3n) is 2.21. The summed E-state index contributed by atoms with van der Waals surface area (Å²) in [6.07, 6.45) is 3.12. The average molecular weight is 227 g/mol. The maximum Gasteiger partial charge on any atom is 0.0621 e. The highest BCUT2D eigenvalue weighted by Gasteiger charge is 2.06. The Hall–Kier alpha value is -0.380. The second-order valence-electron chi connectivity index (χ2n) is 3.76. The number of thiophene rings is 1. The van der Waals surface area contributed by atoms with Crippen LogP contribution < -0.4 is 5.73 Å². The summed E-state index contributed by atoms with van der Waals surface area (Å²) in [6, 6.07) is 4.52. The number of hydrogen-bond acceptors (Lipinski definition) is 3. The smallest absolute Gasteiger partial charge is 0.0621 e. The number of rotatable bonds is 7. The van der Waals surface area contributed by atoms with Gasteiger partial charge in [-0.15, -0.1) is 11.3 Å². The fourth-order valence-corrected chi connectivity index (χ4v) is 2.47. The van der Waals surface area contributed by atoms with E-state index in [9.17, 15) is 0 Å². The zero-order valence-electron chi connectivity index (χ0n) is 9.66. The Morgan fingerprint density at radius 2 is 2.07 bits per heavy atom. The number of nitrogens with two attached hydrogens (primary N) is 1. The molecule has 0 saturated carbocycles. The Morgan fingerprint density at radius 1 is 1.33 bits per heavy atom. The molecular weight excluding hydrogens is 206 g/mol. The van der Waals surface area contributed by atoms with E-state index in [1.54, 1.807) is 0 Å². The first kappa shape index (κ1) is 12.7. The quantitative estimate of drug-likeness (QED) is 0.727. The molecule has 0 fully saturated rings. The number of hydrogen-bond donors (Lipinski definition) is 1. The lowest BCUT2D eigenvalue weighted by Gasteiger charge is -2.10. The summed E-state index contributed by atoms with van der Waals surface area (Å²) in [7, 11) is 0. The van der Waals surface area contributed by atoms with E-state index in [2.05, 4.69) is 26.0 Å². The van der Waals surface area contributed by atoms with Gasteiger partial charge in [-0.25, -0.2) is 0 Å². The molecule has 0 aromatic carbocycles. The Labute approximate surface area is 96.4 Å². The summed E-state index contributed by atoms with van der Waals surface area (Å²) in [4.78, 5) is 2.81. The molecule has 1 rings (SSSR count). The van der Waals surface area contributed by atoms with E-state index in [4.69, 9.17) is 10.5 Å². The van der Waals surface area contributed by atoms with E-state index in [-0.39, 0.29) is 6.04 Å².